The first-order chi connectivity index (χ1) is 9.61. The molecule has 0 saturated heterocycles. The van der Waals surface area contributed by atoms with Crippen molar-refractivity contribution >= 4 is 0 Å². The van der Waals surface area contributed by atoms with Crippen molar-refractivity contribution in [2.75, 3.05) is 7.11 Å². The second-order valence-electron chi connectivity index (χ2n) is 5.03. The zero-order chi connectivity index (χ0) is 14.3. The summed E-state index contributed by atoms with van der Waals surface area (Å²) in [6.45, 7) is 1.92. The molecule has 0 aliphatic carbocycles. The molecule has 1 aliphatic rings. The largest absolute Gasteiger partial charge is 0.485 e. The van der Waals surface area contributed by atoms with Crippen molar-refractivity contribution in [2.45, 2.75) is 25.6 Å². The summed E-state index contributed by atoms with van der Waals surface area (Å²) in [5.74, 6) is 1.40. The average molecular weight is 274 g/mol. The molecule has 2 atom stereocenters. The van der Waals surface area contributed by atoms with Gasteiger partial charge in [0.05, 0.1) is 24.5 Å². The molecule has 106 valence electrons. The van der Waals surface area contributed by atoms with E-state index in [1.807, 2.05) is 38.2 Å². The molecular formula is C15H18N2O3. The fourth-order valence-electron chi connectivity index (χ4n) is 2.84. The summed E-state index contributed by atoms with van der Waals surface area (Å²) in [6.07, 6.45) is -0.280. The summed E-state index contributed by atoms with van der Waals surface area (Å²) in [5.41, 5.74) is 2.61. The van der Waals surface area contributed by atoms with E-state index < -0.39 is 6.10 Å². The van der Waals surface area contributed by atoms with Gasteiger partial charge >= 0.3 is 0 Å². The number of aryl methyl sites for hydroxylation is 2. The number of hydrogen-bond donors (Lipinski definition) is 1. The molecular weight excluding hydrogens is 256 g/mol. The van der Waals surface area contributed by atoms with Crippen molar-refractivity contribution in [1.82, 2.24) is 9.78 Å². The molecule has 5 nitrogen and oxygen atoms in total. The van der Waals surface area contributed by atoms with Gasteiger partial charge in [0.25, 0.3) is 0 Å². The monoisotopic (exact) mass is 274 g/mol. The molecule has 1 aliphatic heterocycles. The third-order valence-corrected chi connectivity index (χ3v) is 3.71. The van der Waals surface area contributed by atoms with Crippen LogP contribution in [0, 0.1) is 6.92 Å². The van der Waals surface area contributed by atoms with E-state index in [0.717, 1.165) is 22.6 Å². The predicted molar refractivity (Wildman–Crippen MR) is 73.9 cm³/mol. The Morgan fingerprint density at radius 1 is 1.40 bits per heavy atom. The van der Waals surface area contributed by atoms with Crippen LogP contribution in [0.4, 0.5) is 0 Å². The number of hydrogen-bond acceptors (Lipinski definition) is 4. The molecule has 1 aromatic carbocycles. The molecule has 0 fully saturated rings. The summed E-state index contributed by atoms with van der Waals surface area (Å²) in [4.78, 5) is 0. The van der Waals surface area contributed by atoms with Crippen LogP contribution in [-0.4, -0.2) is 22.0 Å². The van der Waals surface area contributed by atoms with Crippen molar-refractivity contribution in [1.29, 1.82) is 0 Å². The quantitative estimate of drug-likeness (QED) is 0.913. The van der Waals surface area contributed by atoms with Gasteiger partial charge in [-0.2, -0.15) is 5.10 Å². The van der Waals surface area contributed by atoms with E-state index in [2.05, 4.69) is 5.10 Å². The van der Waals surface area contributed by atoms with Crippen molar-refractivity contribution in [3.05, 3.63) is 41.1 Å². The van der Waals surface area contributed by atoms with E-state index in [1.165, 1.54) is 0 Å². The lowest BCUT2D eigenvalue weighted by molar-refractivity contribution is 0.0641. The normalized spacial score (nSPS) is 21.2. The maximum atomic E-state index is 10.3. The molecule has 20 heavy (non-hydrogen) atoms. The van der Waals surface area contributed by atoms with Crippen molar-refractivity contribution < 1.29 is 14.6 Å². The Labute approximate surface area is 117 Å². The molecule has 0 spiro atoms. The minimum atomic E-state index is -0.533. The highest BCUT2D eigenvalue weighted by atomic mass is 16.5. The first-order valence-electron chi connectivity index (χ1n) is 6.63. The zero-order valence-electron chi connectivity index (χ0n) is 11.8. The van der Waals surface area contributed by atoms with Gasteiger partial charge in [0.2, 0.25) is 5.88 Å². The van der Waals surface area contributed by atoms with E-state index in [9.17, 15) is 5.11 Å². The van der Waals surface area contributed by atoms with Crippen LogP contribution in [0.2, 0.25) is 0 Å². The lowest BCUT2D eigenvalue weighted by Gasteiger charge is -2.29. The van der Waals surface area contributed by atoms with Crippen molar-refractivity contribution in [3.63, 3.8) is 0 Å². The number of rotatable bonds is 2. The highest BCUT2D eigenvalue weighted by Gasteiger charge is 2.32. The second-order valence-corrected chi connectivity index (χ2v) is 5.03. The fraction of sp³-hybridized carbons (Fsp3) is 0.400. The van der Waals surface area contributed by atoms with E-state index in [4.69, 9.17) is 9.47 Å². The number of fused-ring (bicyclic) bond motifs is 1. The van der Waals surface area contributed by atoms with Gasteiger partial charge in [-0.1, -0.05) is 18.2 Å². The molecule has 1 unspecified atom stereocenters. The number of aromatic nitrogens is 2. The number of nitrogens with zero attached hydrogens (tertiary/aromatic N) is 2. The average Bonchev–Trinajstić information content (AvgIpc) is 2.72. The Bertz CT molecular complexity index is 636. The topological polar surface area (TPSA) is 56.5 Å². The molecule has 0 saturated carbocycles. The molecule has 3 rings (SSSR count). The van der Waals surface area contributed by atoms with Gasteiger partial charge in [-0.05, 0) is 13.0 Å². The number of ether oxygens (including phenoxy) is 2. The van der Waals surface area contributed by atoms with Crippen LogP contribution in [-0.2, 0) is 7.05 Å². The van der Waals surface area contributed by atoms with Crippen LogP contribution in [0.25, 0.3) is 0 Å². The number of benzene rings is 1. The van der Waals surface area contributed by atoms with Gasteiger partial charge in [0.1, 0.15) is 11.9 Å². The first-order valence-corrected chi connectivity index (χ1v) is 6.63. The number of methoxy groups -OCH3 is 1. The summed E-state index contributed by atoms with van der Waals surface area (Å²) < 4.78 is 13.1. The van der Waals surface area contributed by atoms with Crippen molar-refractivity contribution in [3.8, 4) is 11.6 Å². The van der Waals surface area contributed by atoms with E-state index in [0.29, 0.717) is 12.3 Å². The smallest absolute Gasteiger partial charge is 0.218 e. The van der Waals surface area contributed by atoms with E-state index in [1.54, 1.807) is 11.8 Å². The summed E-state index contributed by atoms with van der Waals surface area (Å²) in [5, 5.41) is 14.7. The minimum Gasteiger partial charge on any atom is -0.485 e. The maximum Gasteiger partial charge on any atom is 0.218 e. The van der Waals surface area contributed by atoms with Gasteiger partial charge in [-0.3, -0.25) is 0 Å². The van der Waals surface area contributed by atoms with Crippen molar-refractivity contribution in [2.24, 2.45) is 7.05 Å². The molecule has 1 N–H and O–H groups in total. The highest BCUT2D eigenvalue weighted by molar-refractivity contribution is 5.41. The summed E-state index contributed by atoms with van der Waals surface area (Å²) in [7, 11) is 3.45. The molecule has 0 radical (unpaired) electrons. The van der Waals surface area contributed by atoms with Gasteiger partial charge in [0.15, 0.2) is 0 Å². The SMILES string of the molecule is COc1c(C2C[C@H](O)c3ccccc3O2)c(C)nn1C. The lowest BCUT2D eigenvalue weighted by Crippen LogP contribution is -2.19. The van der Waals surface area contributed by atoms with Gasteiger partial charge in [-0.15, -0.1) is 0 Å². The zero-order valence-corrected chi connectivity index (χ0v) is 11.8. The fourth-order valence-corrected chi connectivity index (χ4v) is 2.84. The number of aliphatic hydroxyl groups is 1. The van der Waals surface area contributed by atoms with Crippen LogP contribution >= 0.6 is 0 Å². The number of para-hydroxylation sites is 1. The van der Waals surface area contributed by atoms with Gasteiger partial charge < -0.3 is 14.6 Å². The second kappa shape index (κ2) is 4.83. The first kappa shape index (κ1) is 13.0. The van der Waals surface area contributed by atoms with Crippen LogP contribution in [0.5, 0.6) is 11.6 Å². The Hall–Kier alpha value is -2.01. The molecule has 5 heteroatoms. The van der Waals surface area contributed by atoms with Gasteiger partial charge in [-0.25, -0.2) is 4.68 Å². The predicted octanol–water partition coefficient (Wildman–Crippen LogP) is 2.29. The Kier molecular flexibility index (Phi) is 3.14. The Morgan fingerprint density at radius 3 is 2.90 bits per heavy atom. The molecule has 0 bridgehead atoms. The van der Waals surface area contributed by atoms with Crippen LogP contribution in [0.1, 0.15) is 35.4 Å². The number of aliphatic hydroxyl groups excluding tert-OH is 1. The van der Waals surface area contributed by atoms with Crippen LogP contribution in [0.3, 0.4) is 0 Å². The van der Waals surface area contributed by atoms with E-state index in [-0.39, 0.29) is 6.10 Å². The maximum absolute atomic E-state index is 10.3. The molecule has 2 heterocycles. The Morgan fingerprint density at radius 2 is 2.15 bits per heavy atom. The molecule has 2 aromatic rings. The highest BCUT2D eigenvalue weighted by Crippen LogP contribution is 2.43. The van der Waals surface area contributed by atoms with Crippen LogP contribution in [0.15, 0.2) is 24.3 Å². The Balaban J connectivity index is 2.02. The standard InChI is InChI=1S/C15H18N2O3/c1-9-14(15(19-3)17(2)16-9)13-8-11(18)10-6-4-5-7-12(10)20-13/h4-7,11,13,18H,8H2,1-3H3/t11-,13?/m0/s1. The molecule has 0 amide bonds. The van der Waals surface area contributed by atoms with Gasteiger partial charge in [0, 0.05) is 19.0 Å². The summed E-state index contributed by atoms with van der Waals surface area (Å²) in [6, 6.07) is 7.58. The van der Waals surface area contributed by atoms with Crippen LogP contribution < -0.4 is 9.47 Å². The minimum absolute atomic E-state index is 0.247. The van der Waals surface area contributed by atoms with E-state index >= 15 is 0 Å². The molecule has 1 aromatic heterocycles. The summed E-state index contributed by atoms with van der Waals surface area (Å²) >= 11 is 0. The lowest BCUT2D eigenvalue weighted by atomic mass is 9.95. The third-order valence-electron chi connectivity index (χ3n) is 3.71. The third kappa shape index (κ3) is 1.94.